The van der Waals surface area contributed by atoms with Crippen LogP contribution in [-0.4, -0.2) is 9.13 Å². The minimum absolute atomic E-state index is 0.913. The van der Waals surface area contributed by atoms with Crippen LogP contribution in [0.25, 0.3) is 99.2 Å². The normalized spacial score (nSPS) is 11.9. The smallest absolute Gasteiger partial charge is 0.143 e. The summed E-state index contributed by atoms with van der Waals surface area (Å²) in [6.07, 6.45) is 0. The average molecular weight is 651 g/mol. The van der Waals surface area contributed by atoms with Gasteiger partial charge in [0, 0.05) is 49.3 Å². The van der Waals surface area contributed by atoms with Crippen molar-refractivity contribution in [1.82, 2.24) is 9.13 Å². The second-order valence-electron chi connectivity index (χ2n) is 13.3. The van der Waals surface area contributed by atoms with Gasteiger partial charge in [-0.1, -0.05) is 127 Å². The number of nitrogens with zero attached hydrogens (tertiary/aromatic N) is 2. The Bertz CT molecular complexity index is 3100. The first kappa shape index (κ1) is 28.0. The van der Waals surface area contributed by atoms with Crippen LogP contribution >= 0.6 is 0 Å². The molecule has 0 atom stereocenters. The zero-order valence-electron chi connectivity index (χ0n) is 27.6. The molecule has 3 heterocycles. The van der Waals surface area contributed by atoms with Gasteiger partial charge in [-0.3, -0.25) is 0 Å². The number of aromatic nitrogens is 2. The van der Waals surface area contributed by atoms with Gasteiger partial charge in [0.25, 0.3) is 0 Å². The molecular formula is C48H30N2O. The van der Waals surface area contributed by atoms with Crippen molar-refractivity contribution in [3.63, 3.8) is 0 Å². The van der Waals surface area contributed by atoms with E-state index in [-0.39, 0.29) is 0 Å². The lowest BCUT2D eigenvalue weighted by Crippen LogP contribution is -1.97. The third-order valence-electron chi connectivity index (χ3n) is 10.5. The van der Waals surface area contributed by atoms with E-state index < -0.39 is 0 Å². The highest BCUT2D eigenvalue weighted by Gasteiger charge is 2.17. The number of rotatable bonds is 4. The highest BCUT2D eigenvalue weighted by Crippen LogP contribution is 2.39. The Morgan fingerprint density at radius 3 is 1.55 bits per heavy atom. The molecule has 0 spiro atoms. The molecule has 0 bridgehead atoms. The topological polar surface area (TPSA) is 23.0 Å². The predicted octanol–water partition coefficient (Wildman–Crippen LogP) is 13.1. The summed E-state index contributed by atoms with van der Waals surface area (Å²) in [6.45, 7) is 0. The van der Waals surface area contributed by atoms with Crippen LogP contribution in [0.15, 0.2) is 186 Å². The van der Waals surface area contributed by atoms with Crippen LogP contribution in [0.3, 0.4) is 0 Å². The van der Waals surface area contributed by atoms with Gasteiger partial charge in [0.05, 0.1) is 22.1 Å². The van der Waals surface area contributed by atoms with E-state index >= 15 is 0 Å². The van der Waals surface area contributed by atoms with Crippen molar-refractivity contribution in [2.24, 2.45) is 0 Å². The summed E-state index contributed by atoms with van der Waals surface area (Å²) in [6, 6.07) is 65.5. The van der Waals surface area contributed by atoms with Gasteiger partial charge in [-0.15, -0.1) is 0 Å². The minimum atomic E-state index is 0.913. The molecule has 3 heteroatoms. The van der Waals surface area contributed by atoms with Crippen molar-refractivity contribution in [2.75, 3.05) is 0 Å². The van der Waals surface area contributed by atoms with Crippen molar-refractivity contribution in [3.8, 4) is 33.6 Å². The van der Waals surface area contributed by atoms with Crippen molar-refractivity contribution in [1.29, 1.82) is 0 Å². The molecule has 0 aliphatic rings. The van der Waals surface area contributed by atoms with Crippen LogP contribution in [0.5, 0.6) is 0 Å². The molecule has 11 aromatic rings. The Kier molecular flexibility index (Phi) is 5.96. The molecular weight excluding hydrogens is 621 g/mol. The molecule has 0 fully saturated rings. The average Bonchev–Trinajstić information content (AvgIpc) is 3.85. The van der Waals surface area contributed by atoms with Gasteiger partial charge in [-0.05, 0) is 71.3 Å². The van der Waals surface area contributed by atoms with Crippen molar-refractivity contribution < 1.29 is 4.42 Å². The molecule has 0 amide bonds. The lowest BCUT2D eigenvalue weighted by atomic mass is 9.97. The number of fused-ring (bicyclic) bond motifs is 9. The first-order valence-corrected chi connectivity index (χ1v) is 17.4. The molecule has 51 heavy (non-hydrogen) atoms. The van der Waals surface area contributed by atoms with Crippen LogP contribution in [0.1, 0.15) is 0 Å². The predicted molar refractivity (Wildman–Crippen MR) is 213 cm³/mol. The Hall–Kier alpha value is -6.84. The number of furan rings is 1. The largest absolute Gasteiger partial charge is 0.455 e. The molecule has 11 rings (SSSR count). The van der Waals surface area contributed by atoms with E-state index in [9.17, 15) is 0 Å². The maximum atomic E-state index is 6.41. The molecule has 3 nitrogen and oxygen atoms in total. The van der Waals surface area contributed by atoms with Crippen LogP contribution in [0, 0.1) is 0 Å². The van der Waals surface area contributed by atoms with Crippen molar-refractivity contribution in [3.05, 3.63) is 182 Å². The van der Waals surface area contributed by atoms with Gasteiger partial charge in [0.1, 0.15) is 11.2 Å². The highest BCUT2D eigenvalue weighted by atomic mass is 16.3. The lowest BCUT2D eigenvalue weighted by molar-refractivity contribution is 0.670. The number of hydrogen-bond donors (Lipinski definition) is 0. The standard InChI is InChI=1S/C48H30N2O/c1-5-22-43-37(16-1)38-17-2-6-23-44(38)49(43)35-26-27-40-39-18-3-7-24-45(39)50(46(40)30-35)34-15-10-13-32(29-34)31-12-9-14-33(28-31)36-20-11-21-42-41-19-4-8-25-47(41)51-48(36)42/h1-30H. The third kappa shape index (κ3) is 4.19. The van der Waals surface area contributed by atoms with E-state index in [0.717, 1.165) is 55.6 Å². The molecule has 0 radical (unpaired) electrons. The monoisotopic (exact) mass is 650 g/mol. The van der Waals surface area contributed by atoms with Gasteiger partial charge in [-0.25, -0.2) is 0 Å². The first-order valence-electron chi connectivity index (χ1n) is 17.4. The summed E-state index contributed by atoms with van der Waals surface area (Å²) in [4.78, 5) is 0. The van der Waals surface area contributed by atoms with Gasteiger partial charge < -0.3 is 13.6 Å². The number of hydrogen-bond acceptors (Lipinski definition) is 1. The maximum Gasteiger partial charge on any atom is 0.143 e. The Morgan fingerprint density at radius 2 is 0.824 bits per heavy atom. The second-order valence-corrected chi connectivity index (χ2v) is 13.3. The fourth-order valence-corrected chi connectivity index (χ4v) is 8.24. The first-order chi connectivity index (χ1) is 25.3. The van der Waals surface area contributed by atoms with Gasteiger partial charge >= 0.3 is 0 Å². The zero-order valence-corrected chi connectivity index (χ0v) is 27.6. The van der Waals surface area contributed by atoms with Gasteiger partial charge in [0.15, 0.2) is 0 Å². The number of benzene rings is 8. The van der Waals surface area contributed by atoms with Crippen molar-refractivity contribution >= 4 is 65.6 Å². The van der Waals surface area contributed by atoms with E-state index in [1.54, 1.807) is 0 Å². The molecule has 8 aromatic carbocycles. The maximum absolute atomic E-state index is 6.41. The summed E-state index contributed by atoms with van der Waals surface area (Å²) in [5, 5.41) is 7.29. The van der Waals surface area contributed by atoms with E-state index in [4.69, 9.17) is 4.42 Å². The van der Waals surface area contributed by atoms with Crippen molar-refractivity contribution in [2.45, 2.75) is 0 Å². The SMILES string of the molecule is c1cc(-c2cccc(-n3c4ccccc4c4ccc(-n5c6ccccc6c6ccccc65)cc43)c2)cc(-c2cccc3c2oc2ccccc23)c1. The molecule has 0 aliphatic heterocycles. The summed E-state index contributed by atoms with van der Waals surface area (Å²) < 4.78 is 11.2. The molecule has 3 aromatic heterocycles. The molecule has 0 unspecified atom stereocenters. The quantitative estimate of drug-likeness (QED) is 0.186. The van der Waals surface area contributed by atoms with E-state index in [2.05, 4.69) is 179 Å². The molecule has 238 valence electrons. The summed E-state index contributed by atoms with van der Waals surface area (Å²) in [7, 11) is 0. The summed E-state index contributed by atoms with van der Waals surface area (Å²) >= 11 is 0. The fraction of sp³-hybridized carbons (Fsp3) is 0. The van der Waals surface area contributed by atoms with Crippen LogP contribution in [-0.2, 0) is 0 Å². The Labute approximate surface area is 293 Å². The van der Waals surface area contributed by atoms with Crippen LogP contribution < -0.4 is 0 Å². The summed E-state index contributed by atoms with van der Waals surface area (Å²) in [5.41, 5.74) is 13.5. The fourth-order valence-electron chi connectivity index (χ4n) is 8.24. The minimum Gasteiger partial charge on any atom is -0.455 e. The molecule has 0 saturated carbocycles. The molecule has 0 aliphatic carbocycles. The molecule has 0 saturated heterocycles. The van der Waals surface area contributed by atoms with E-state index in [0.29, 0.717) is 0 Å². The third-order valence-corrected chi connectivity index (χ3v) is 10.5. The van der Waals surface area contributed by atoms with E-state index in [1.165, 1.54) is 43.6 Å². The zero-order chi connectivity index (χ0) is 33.5. The highest BCUT2D eigenvalue weighted by molar-refractivity contribution is 6.12. The lowest BCUT2D eigenvalue weighted by Gasteiger charge is -2.13. The Balaban J connectivity index is 1.08. The molecule has 0 N–H and O–H groups in total. The van der Waals surface area contributed by atoms with Gasteiger partial charge in [0.2, 0.25) is 0 Å². The van der Waals surface area contributed by atoms with Crippen LogP contribution in [0.2, 0.25) is 0 Å². The van der Waals surface area contributed by atoms with Crippen LogP contribution in [0.4, 0.5) is 0 Å². The summed E-state index contributed by atoms with van der Waals surface area (Å²) in [5.74, 6) is 0. The van der Waals surface area contributed by atoms with E-state index in [1.807, 2.05) is 12.1 Å². The second kappa shape index (κ2) is 10.8. The van der Waals surface area contributed by atoms with Gasteiger partial charge in [-0.2, -0.15) is 0 Å². The Morgan fingerprint density at radius 1 is 0.314 bits per heavy atom. The number of para-hydroxylation sites is 5.